The van der Waals surface area contributed by atoms with Crippen molar-refractivity contribution in [2.24, 2.45) is 0 Å². The lowest BCUT2D eigenvalue weighted by molar-refractivity contribution is -0.156. The molecule has 93 heavy (non-hydrogen) atoms. The molecule has 0 amide bonds. The van der Waals surface area contributed by atoms with E-state index in [-0.39, 0.29) is 53.2 Å². The van der Waals surface area contributed by atoms with Crippen LogP contribution in [-0.2, 0) is 72.2 Å². The molecule has 0 aliphatic carbocycles. The fourth-order valence-corrected chi connectivity index (χ4v) is 8.58. The Kier molecular flexibility index (Phi) is 24.9. The first kappa shape index (κ1) is 70.6. The molecule has 0 aliphatic heterocycles. The van der Waals surface area contributed by atoms with Gasteiger partial charge >= 0.3 is 47.8 Å². The van der Waals surface area contributed by atoms with Crippen LogP contribution in [0.25, 0.3) is 32.3 Å². The summed E-state index contributed by atoms with van der Waals surface area (Å²) in [4.78, 5) is 105. The lowest BCUT2D eigenvalue weighted by atomic mass is 10.1. The molecule has 9 aromatic rings. The number of nitrogens with zero attached hydrogens (tertiary/aromatic N) is 4. The highest BCUT2D eigenvalue weighted by atomic mass is 16.6. The zero-order valence-electron chi connectivity index (χ0n) is 53.3. The molecule has 0 fully saturated rings. The molecule has 484 valence electrons. The number of hydrogen-bond donors (Lipinski definition) is 2. The average molecular weight is 1270 g/mol. The zero-order valence-corrected chi connectivity index (χ0v) is 53.3. The summed E-state index contributed by atoms with van der Waals surface area (Å²) in [7, 11) is 7.46. The van der Waals surface area contributed by atoms with Crippen molar-refractivity contribution in [1.82, 2.24) is 19.9 Å². The predicted molar refractivity (Wildman–Crippen MR) is 338 cm³/mol. The summed E-state index contributed by atoms with van der Waals surface area (Å²) in [6.07, 6.45) is 0. The minimum absolute atomic E-state index is 0.0391. The first-order chi connectivity index (χ1) is 44.2. The smallest absolute Gasteiger partial charge is 0.360 e. The maximum atomic E-state index is 12.3. The van der Waals surface area contributed by atoms with Gasteiger partial charge < -0.3 is 62.5 Å². The van der Waals surface area contributed by atoms with Crippen LogP contribution in [0.1, 0.15) is 99.9 Å². The second kappa shape index (κ2) is 32.8. The number of pyridine rings is 3. The largest absolute Gasteiger partial charge is 0.505 e. The van der Waals surface area contributed by atoms with E-state index in [2.05, 4.69) is 24.4 Å². The fraction of sp³-hybridized carbons (Fsp3) is 0.232. The van der Waals surface area contributed by atoms with E-state index in [1.807, 2.05) is 119 Å². The Morgan fingerprint density at radius 3 is 1.02 bits per heavy atom. The van der Waals surface area contributed by atoms with Gasteiger partial charge in [0, 0.05) is 73.5 Å². The molecule has 0 unspecified atom stereocenters. The predicted octanol–water partition coefficient (Wildman–Crippen LogP) is 12.0. The molecule has 6 aromatic carbocycles. The lowest BCUT2D eigenvalue weighted by Crippen LogP contribution is -2.15. The number of carbonyl (C=O) groups is 8. The Bertz CT molecular complexity index is 4230. The highest BCUT2D eigenvalue weighted by molar-refractivity contribution is 6.03. The summed E-state index contributed by atoms with van der Waals surface area (Å²) in [5.74, 6) is -1.92. The molecule has 0 bridgehead atoms. The van der Waals surface area contributed by atoms with Gasteiger partial charge in [-0.2, -0.15) is 0 Å². The minimum Gasteiger partial charge on any atom is -0.505 e. The van der Waals surface area contributed by atoms with Crippen LogP contribution in [0.4, 0.5) is 0 Å². The van der Waals surface area contributed by atoms with Crippen molar-refractivity contribution >= 4 is 80.1 Å². The van der Waals surface area contributed by atoms with Gasteiger partial charge in [-0.15, -0.1) is 0 Å². The van der Waals surface area contributed by atoms with Crippen LogP contribution in [0.5, 0.6) is 51.7 Å². The third-order valence-electron chi connectivity index (χ3n) is 12.8. The van der Waals surface area contributed by atoms with Crippen LogP contribution in [0.3, 0.4) is 0 Å². The molecule has 0 radical (unpaired) electrons. The minimum atomic E-state index is -0.790. The van der Waals surface area contributed by atoms with Crippen molar-refractivity contribution in [2.75, 3.05) is 35.4 Å². The number of ether oxygens (including phenoxy) is 10. The standard InChI is InChI=1S/C23H21NO7.C21H22N2O4.C21H19NO6.C4H6O3/c1-13-5-7-16(8-6-13)31-17-9-10-18-19(11-17)20(12-29-14(2)25)24-21(23(27)28-4)22(18)30-15(3)26;1-13-5-7-14(8-6-13)27-15-9-10-16-17(11-15)18(12-23(2)3)22-19(20(16)24)21(25)26-4;1-12-4-6-14(7-5-12)28-15-8-9-16-17(10-15)18(11-27-13(2)23)22-19(20(16)24)21(25)26-3;1-3(5)7-4(2)6/h5-11H,12H2,1-4H3;5-11,24H,12H2,1-4H3;4-10,24H,11H2,1-3H3;1-2H3. The number of aromatic nitrogens is 3. The number of esters is 8. The summed E-state index contributed by atoms with van der Waals surface area (Å²) in [5, 5.41) is 24.0. The van der Waals surface area contributed by atoms with Gasteiger partial charge in [0.15, 0.2) is 34.3 Å². The number of aryl methyl sites for hydroxylation is 3. The number of rotatable bonds is 16. The van der Waals surface area contributed by atoms with Crippen molar-refractivity contribution in [3.8, 4) is 51.7 Å². The zero-order chi connectivity index (χ0) is 68.2. The molecule has 24 nitrogen and oxygen atoms in total. The average Bonchev–Trinajstić information content (AvgIpc) is 0.827. The molecule has 0 saturated heterocycles. The van der Waals surface area contributed by atoms with E-state index in [0.717, 1.165) is 27.8 Å². The molecule has 0 aliphatic rings. The molecule has 2 N–H and O–H groups in total. The monoisotopic (exact) mass is 1270 g/mol. The Labute approximate surface area is 534 Å². The number of aromatic hydroxyl groups is 2. The van der Waals surface area contributed by atoms with E-state index in [0.29, 0.717) is 73.6 Å². The topological polar surface area (TPSA) is 311 Å². The van der Waals surface area contributed by atoms with Gasteiger partial charge in [0.05, 0.1) is 38.4 Å². The Balaban J connectivity index is 0.000000210. The molecule has 3 heterocycles. The molecule has 9 rings (SSSR count). The second-order valence-electron chi connectivity index (χ2n) is 20.6. The van der Waals surface area contributed by atoms with Crippen LogP contribution < -0.4 is 18.9 Å². The van der Waals surface area contributed by atoms with Crippen LogP contribution >= 0.6 is 0 Å². The second-order valence-corrected chi connectivity index (χ2v) is 20.6. The van der Waals surface area contributed by atoms with E-state index in [1.54, 1.807) is 48.5 Å². The summed E-state index contributed by atoms with van der Waals surface area (Å²) in [6.45, 7) is 12.2. The highest BCUT2D eigenvalue weighted by Crippen LogP contribution is 2.38. The van der Waals surface area contributed by atoms with Gasteiger partial charge in [0.1, 0.15) is 47.7 Å². The Hall–Kier alpha value is -11.5. The van der Waals surface area contributed by atoms with Crippen LogP contribution in [0, 0.1) is 20.8 Å². The van der Waals surface area contributed by atoms with E-state index in [9.17, 15) is 48.6 Å². The third-order valence-corrected chi connectivity index (χ3v) is 12.8. The van der Waals surface area contributed by atoms with Crippen LogP contribution in [0.2, 0.25) is 0 Å². The van der Waals surface area contributed by atoms with Crippen LogP contribution in [0.15, 0.2) is 127 Å². The molecule has 24 heteroatoms. The van der Waals surface area contributed by atoms with Crippen molar-refractivity contribution in [2.45, 2.75) is 75.1 Å². The highest BCUT2D eigenvalue weighted by Gasteiger charge is 2.26. The van der Waals surface area contributed by atoms with E-state index < -0.39 is 47.8 Å². The van der Waals surface area contributed by atoms with Gasteiger partial charge in [-0.25, -0.2) is 29.3 Å². The first-order valence-electron chi connectivity index (χ1n) is 28.2. The summed E-state index contributed by atoms with van der Waals surface area (Å²) < 4.78 is 51.3. The van der Waals surface area contributed by atoms with Crippen molar-refractivity contribution in [3.63, 3.8) is 0 Å². The van der Waals surface area contributed by atoms with Crippen LogP contribution in [-0.4, -0.2) is 113 Å². The van der Waals surface area contributed by atoms with E-state index in [4.69, 9.17) is 37.9 Å². The van der Waals surface area contributed by atoms with Gasteiger partial charge in [-0.05, 0) is 126 Å². The SMILES string of the molecule is CC(=O)OC(C)=O.COC(=O)c1nc(CN(C)C)c2cc(Oc3ccc(C)cc3)ccc2c1O.COC(=O)c1nc(COC(C)=O)c2cc(Oc3ccc(C)cc3)ccc2c1O.COC(=O)c1nc(COC(C)=O)c2cc(Oc3ccc(C)cc3)ccc2c1OC(C)=O. The first-order valence-corrected chi connectivity index (χ1v) is 28.2. The van der Waals surface area contributed by atoms with Gasteiger partial charge in [-0.1, -0.05) is 53.1 Å². The van der Waals surface area contributed by atoms with Crippen molar-refractivity contribution < 1.29 is 95.9 Å². The van der Waals surface area contributed by atoms with Crippen molar-refractivity contribution in [1.29, 1.82) is 0 Å². The maximum absolute atomic E-state index is 12.3. The molecular weight excluding hydrogens is 1200 g/mol. The summed E-state index contributed by atoms with van der Waals surface area (Å²) in [6, 6.07) is 38.0. The number of methoxy groups -OCH3 is 3. The summed E-state index contributed by atoms with van der Waals surface area (Å²) in [5.41, 5.74) is 4.08. The molecule has 0 spiro atoms. The number of fused-ring (bicyclic) bond motifs is 3. The number of benzene rings is 6. The van der Waals surface area contributed by atoms with Gasteiger partial charge in [0.25, 0.3) is 0 Å². The van der Waals surface area contributed by atoms with Gasteiger partial charge in [0.2, 0.25) is 0 Å². The van der Waals surface area contributed by atoms with E-state index in [1.165, 1.54) is 55.9 Å². The Morgan fingerprint density at radius 1 is 0.387 bits per heavy atom. The summed E-state index contributed by atoms with van der Waals surface area (Å²) >= 11 is 0. The molecule has 0 saturated carbocycles. The number of carbonyl (C=O) groups excluding carboxylic acids is 8. The quantitative estimate of drug-likeness (QED) is 0.0516. The van der Waals surface area contributed by atoms with E-state index >= 15 is 0 Å². The van der Waals surface area contributed by atoms with Gasteiger partial charge in [-0.3, -0.25) is 24.0 Å². The maximum Gasteiger partial charge on any atom is 0.360 e. The molecular formula is C69H68N4O20. The number of hydrogen-bond acceptors (Lipinski definition) is 24. The molecule has 3 aromatic heterocycles. The molecule has 0 atom stereocenters. The van der Waals surface area contributed by atoms with Crippen molar-refractivity contribution in [3.05, 3.63) is 178 Å². The third kappa shape index (κ3) is 20.0. The Morgan fingerprint density at radius 2 is 0.699 bits per heavy atom. The normalized spacial score (nSPS) is 10.4. The lowest BCUT2D eigenvalue weighted by Gasteiger charge is -2.15. The fourth-order valence-electron chi connectivity index (χ4n) is 8.58.